The summed E-state index contributed by atoms with van der Waals surface area (Å²) in [6.45, 7) is 3.77. The highest BCUT2D eigenvalue weighted by atomic mass is 32.1. The molecule has 4 rings (SSSR count). The van der Waals surface area contributed by atoms with Gasteiger partial charge < -0.3 is 19.9 Å². The summed E-state index contributed by atoms with van der Waals surface area (Å²) in [5.41, 5.74) is 3.22. The van der Waals surface area contributed by atoms with Crippen LogP contribution in [0.15, 0.2) is 84.2 Å². The number of nitrogens with one attached hydrogen (secondary N) is 1. The minimum atomic E-state index is -1.14. The van der Waals surface area contributed by atoms with Gasteiger partial charge in [0.25, 0.3) is 0 Å². The molecule has 0 saturated carbocycles. The third-order valence-electron chi connectivity index (χ3n) is 6.60. The van der Waals surface area contributed by atoms with E-state index in [9.17, 15) is 9.59 Å². The Hall–Kier alpha value is -4.17. The van der Waals surface area contributed by atoms with E-state index < -0.39 is 5.54 Å². The Morgan fingerprint density at radius 1 is 0.949 bits per heavy atom. The smallest absolute Gasteiger partial charge is 0.249 e. The standard InChI is InChI=1S/C31H34N4O3S/c1-31(2,30(37)32-24-13-15-25(16-14-24)34(3)4)35(29(36)19-22-9-7-6-8-10-22)20-28-33-27(21-39-28)23-11-17-26(38-5)18-12-23/h6-18,21H,19-20H2,1-5H3,(H,32,37). The molecule has 2 amide bonds. The van der Waals surface area contributed by atoms with Gasteiger partial charge in [0, 0.05) is 36.4 Å². The maximum absolute atomic E-state index is 13.7. The molecule has 0 saturated heterocycles. The monoisotopic (exact) mass is 542 g/mol. The molecule has 39 heavy (non-hydrogen) atoms. The lowest BCUT2D eigenvalue weighted by Gasteiger charge is -2.37. The van der Waals surface area contributed by atoms with Crippen LogP contribution in [0.3, 0.4) is 0 Å². The fraction of sp³-hybridized carbons (Fsp3) is 0.258. The lowest BCUT2D eigenvalue weighted by molar-refractivity contribution is -0.144. The molecule has 3 aromatic carbocycles. The number of nitrogens with zero attached hydrogens (tertiary/aromatic N) is 3. The normalized spacial score (nSPS) is 11.1. The van der Waals surface area contributed by atoms with Crippen LogP contribution in [0.1, 0.15) is 24.4 Å². The number of benzene rings is 3. The van der Waals surface area contributed by atoms with E-state index in [-0.39, 0.29) is 24.8 Å². The van der Waals surface area contributed by atoms with Gasteiger partial charge in [-0.3, -0.25) is 9.59 Å². The number of amides is 2. The zero-order valence-corrected chi connectivity index (χ0v) is 23.8. The van der Waals surface area contributed by atoms with Crippen molar-refractivity contribution in [2.75, 3.05) is 31.4 Å². The number of hydrogen-bond donors (Lipinski definition) is 1. The van der Waals surface area contributed by atoms with Crippen LogP contribution < -0.4 is 15.0 Å². The molecule has 4 aromatic rings. The van der Waals surface area contributed by atoms with Crippen molar-refractivity contribution in [1.29, 1.82) is 0 Å². The van der Waals surface area contributed by atoms with E-state index >= 15 is 0 Å². The van der Waals surface area contributed by atoms with Crippen LogP contribution in [-0.2, 0) is 22.6 Å². The number of aromatic nitrogens is 1. The Morgan fingerprint density at radius 3 is 2.23 bits per heavy atom. The zero-order valence-electron chi connectivity index (χ0n) is 23.0. The first-order valence-electron chi connectivity index (χ1n) is 12.7. The average Bonchev–Trinajstić information content (AvgIpc) is 3.41. The lowest BCUT2D eigenvalue weighted by atomic mass is 9.99. The van der Waals surface area contributed by atoms with Gasteiger partial charge in [-0.15, -0.1) is 11.3 Å². The summed E-state index contributed by atoms with van der Waals surface area (Å²) in [6.07, 6.45) is 0.186. The quantitative estimate of drug-likeness (QED) is 0.271. The number of anilines is 2. The lowest BCUT2D eigenvalue weighted by Crippen LogP contribution is -2.55. The SMILES string of the molecule is COc1ccc(-c2csc(CN(C(=O)Cc3ccccc3)C(C)(C)C(=O)Nc3ccc(N(C)C)cc3)n2)cc1. The van der Waals surface area contributed by atoms with E-state index in [1.165, 1.54) is 11.3 Å². The van der Waals surface area contributed by atoms with Gasteiger partial charge in [-0.25, -0.2) is 4.98 Å². The third kappa shape index (κ3) is 6.83. The number of methoxy groups -OCH3 is 1. The Morgan fingerprint density at radius 2 is 1.62 bits per heavy atom. The summed E-state index contributed by atoms with van der Waals surface area (Å²) in [5, 5.41) is 5.71. The summed E-state index contributed by atoms with van der Waals surface area (Å²) in [4.78, 5) is 35.7. The van der Waals surface area contributed by atoms with Crippen LogP contribution in [0.5, 0.6) is 5.75 Å². The summed E-state index contributed by atoms with van der Waals surface area (Å²) < 4.78 is 5.25. The first-order valence-corrected chi connectivity index (χ1v) is 13.6. The maximum Gasteiger partial charge on any atom is 0.249 e. The largest absolute Gasteiger partial charge is 0.497 e. The Labute approximate surface area is 234 Å². The molecular weight excluding hydrogens is 508 g/mol. The van der Waals surface area contributed by atoms with Crippen molar-refractivity contribution in [3.05, 3.63) is 94.8 Å². The van der Waals surface area contributed by atoms with E-state index in [1.807, 2.05) is 103 Å². The van der Waals surface area contributed by atoms with Crippen molar-refractivity contribution in [1.82, 2.24) is 9.88 Å². The van der Waals surface area contributed by atoms with Crippen LogP contribution in [-0.4, -0.2) is 48.4 Å². The van der Waals surface area contributed by atoms with E-state index in [0.29, 0.717) is 5.69 Å². The molecule has 1 heterocycles. The molecular formula is C31H34N4O3S. The van der Waals surface area contributed by atoms with Crippen LogP contribution >= 0.6 is 11.3 Å². The molecule has 8 heteroatoms. The van der Waals surface area contributed by atoms with Gasteiger partial charge in [0.05, 0.1) is 25.8 Å². The van der Waals surface area contributed by atoms with Crippen molar-refractivity contribution >= 4 is 34.5 Å². The zero-order chi connectivity index (χ0) is 28.0. The summed E-state index contributed by atoms with van der Waals surface area (Å²) in [5.74, 6) is 0.356. The summed E-state index contributed by atoms with van der Waals surface area (Å²) in [6, 6.07) is 24.9. The fourth-order valence-electron chi connectivity index (χ4n) is 4.13. The average molecular weight is 543 g/mol. The van der Waals surface area contributed by atoms with Crippen LogP contribution in [0.4, 0.5) is 11.4 Å². The van der Waals surface area contributed by atoms with Gasteiger partial charge in [-0.2, -0.15) is 0 Å². The molecule has 0 unspecified atom stereocenters. The van der Waals surface area contributed by atoms with E-state index in [0.717, 1.165) is 33.3 Å². The summed E-state index contributed by atoms with van der Waals surface area (Å²) >= 11 is 1.47. The predicted molar refractivity (Wildman–Crippen MR) is 158 cm³/mol. The fourth-order valence-corrected chi connectivity index (χ4v) is 4.92. The minimum Gasteiger partial charge on any atom is -0.497 e. The third-order valence-corrected chi connectivity index (χ3v) is 7.44. The molecule has 0 radical (unpaired) electrons. The molecule has 0 atom stereocenters. The van der Waals surface area contributed by atoms with Crippen molar-refractivity contribution in [3.63, 3.8) is 0 Å². The van der Waals surface area contributed by atoms with Crippen LogP contribution in [0.25, 0.3) is 11.3 Å². The first kappa shape index (κ1) is 27.9. The number of hydrogen-bond acceptors (Lipinski definition) is 6. The molecule has 202 valence electrons. The van der Waals surface area contributed by atoms with Gasteiger partial charge in [0.1, 0.15) is 16.3 Å². The highest BCUT2D eigenvalue weighted by molar-refractivity contribution is 7.09. The molecule has 0 fully saturated rings. The maximum atomic E-state index is 13.7. The van der Waals surface area contributed by atoms with Gasteiger partial charge in [-0.05, 0) is 67.9 Å². The Balaban J connectivity index is 1.58. The molecule has 0 bridgehead atoms. The van der Waals surface area contributed by atoms with Gasteiger partial charge in [0.15, 0.2) is 0 Å². The number of rotatable bonds is 10. The first-order chi connectivity index (χ1) is 18.7. The number of ether oxygens (including phenoxy) is 1. The second-order valence-electron chi connectivity index (χ2n) is 9.95. The predicted octanol–water partition coefficient (Wildman–Crippen LogP) is 5.87. The summed E-state index contributed by atoms with van der Waals surface area (Å²) in [7, 11) is 5.56. The van der Waals surface area contributed by atoms with Crippen LogP contribution in [0.2, 0.25) is 0 Å². The van der Waals surface area contributed by atoms with Gasteiger partial charge >= 0.3 is 0 Å². The molecule has 7 nitrogen and oxygen atoms in total. The molecule has 0 aliphatic rings. The number of thiazole rings is 1. The van der Waals surface area contributed by atoms with Crippen molar-refractivity contribution in [2.24, 2.45) is 0 Å². The molecule has 1 N–H and O–H groups in total. The minimum absolute atomic E-state index is 0.148. The van der Waals surface area contributed by atoms with E-state index in [2.05, 4.69) is 5.32 Å². The molecule has 0 spiro atoms. The highest BCUT2D eigenvalue weighted by Gasteiger charge is 2.38. The molecule has 0 aliphatic heterocycles. The van der Waals surface area contributed by atoms with Crippen molar-refractivity contribution in [3.8, 4) is 17.0 Å². The number of carbonyl (C=O) groups excluding carboxylic acids is 2. The van der Waals surface area contributed by atoms with E-state index in [4.69, 9.17) is 9.72 Å². The molecule has 1 aromatic heterocycles. The van der Waals surface area contributed by atoms with Crippen LogP contribution in [0, 0.1) is 0 Å². The number of carbonyl (C=O) groups is 2. The topological polar surface area (TPSA) is 74.8 Å². The molecule has 0 aliphatic carbocycles. The van der Waals surface area contributed by atoms with Gasteiger partial charge in [0.2, 0.25) is 11.8 Å². The highest BCUT2D eigenvalue weighted by Crippen LogP contribution is 2.28. The van der Waals surface area contributed by atoms with Crippen molar-refractivity contribution < 1.29 is 14.3 Å². The Kier molecular flexibility index (Phi) is 8.66. The second kappa shape index (κ2) is 12.1. The Bertz CT molecular complexity index is 1400. The van der Waals surface area contributed by atoms with Gasteiger partial charge in [-0.1, -0.05) is 30.3 Å². The van der Waals surface area contributed by atoms with Crippen molar-refractivity contribution in [2.45, 2.75) is 32.4 Å². The second-order valence-corrected chi connectivity index (χ2v) is 10.9. The van der Waals surface area contributed by atoms with E-state index in [1.54, 1.807) is 25.9 Å².